The highest BCUT2D eigenvalue weighted by Crippen LogP contribution is 2.31. The van der Waals surface area contributed by atoms with Gasteiger partial charge in [0.15, 0.2) is 5.16 Å². The fourth-order valence-corrected chi connectivity index (χ4v) is 5.16. The van der Waals surface area contributed by atoms with Crippen molar-refractivity contribution in [3.8, 4) is 0 Å². The van der Waals surface area contributed by atoms with E-state index in [1.165, 1.54) is 60.9 Å². The molecular formula is C23H31N3S. The second-order valence-corrected chi connectivity index (χ2v) is 8.98. The molecule has 27 heavy (non-hydrogen) atoms. The van der Waals surface area contributed by atoms with Crippen molar-refractivity contribution in [2.24, 2.45) is 0 Å². The lowest BCUT2D eigenvalue weighted by Crippen LogP contribution is -2.23. The van der Waals surface area contributed by atoms with Crippen molar-refractivity contribution in [1.82, 2.24) is 9.97 Å². The second-order valence-electron chi connectivity index (χ2n) is 7.91. The van der Waals surface area contributed by atoms with E-state index < -0.39 is 0 Å². The molecule has 0 atom stereocenters. The van der Waals surface area contributed by atoms with Crippen LogP contribution in [0.5, 0.6) is 0 Å². The zero-order valence-corrected chi connectivity index (χ0v) is 17.3. The predicted molar refractivity (Wildman–Crippen MR) is 115 cm³/mol. The van der Waals surface area contributed by atoms with Crippen LogP contribution in [0.2, 0.25) is 0 Å². The molecule has 2 aromatic rings. The average Bonchev–Trinajstić information content (AvgIpc) is 3.10. The number of nitrogens with one attached hydrogen (secondary N) is 1. The van der Waals surface area contributed by atoms with Crippen molar-refractivity contribution < 1.29 is 0 Å². The van der Waals surface area contributed by atoms with E-state index in [0.717, 1.165) is 42.4 Å². The van der Waals surface area contributed by atoms with Gasteiger partial charge >= 0.3 is 0 Å². The monoisotopic (exact) mass is 381 g/mol. The molecule has 4 heteroatoms. The van der Waals surface area contributed by atoms with Gasteiger partial charge in [-0.05, 0) is 56.1 Å². The van der Waals surface area contributed by atoms with Gasteiger partial charge in [0.2, 0.25) is 0 Å². The Morgan fingerprint density at radius 1 is 1.00 bits per heavy atom. The molecule has 144 valence electrons. The van der Waals surface area contributed by atoms with E-state index in [-0.39, 0.29) is 0 Å². The predicted octanol–water partition coefficient (Wildman–Crippen LogP) is 5.61. The smallest absolute Gasteiger partial charge is 0.189 e. The van der Waals surface area contributed by atoms with Crippen molar-refractivity contribution in [1.29, 1.82) is 0 Å². The van der Waals surface area contributed by atoms with Crippen LogP contribution in [0.25, 0.3) is 0 Å². The minimum Gasteiger partial charge on any atom is -0.366 e. The fraction of sp³-hybridized carbons (Fsp3) is 0.565. The van der Waals surface area contributed by atoms with E-state index in [2.05, 4.69) is 36.5 Å². The largest absolute Gasteiger partial charge is 0.366 e. The number of aryl methyl sites for hydroxylation is 1. The first-order chi connectivity index (χ1) is 13.3. The maximum Gasteiger partial charge on any atom is 0.189 e. The summed E-state index contributed by atoms with van der Waals surface area (Å²) in [6, 6.07) is 9.31. The molecule has 2 aliphatic carbocycles. The molecule has 4 rings (SSSR count). The Hall–Kier alpha value is -1.55. The highest BCUT2D eigenvalue weighted by atomic mass is 32.2. The van der Waals surface area contributed by atoms with Gasteiger partial charge in [-0.2, -0.15) is 0 Å². The van der Waals surface area contributed by atoms with Crippen molar-refractivity contribution in [3.63, 3.8) is 0 Å². The van der Waals surface area contributed by atoms with E-state index in [1.54, 1.807) is 0 Å². The van der Waals surface area contributed by atoms with Crippen LogP contribution in [0.4, 0.5) is 5.82 Å². The molecule has 0 saturated heterocycles. The van der Waals surface area contributed by atoms with Gasteiger partial charge in [0, 0.05) is 17.4 Å². The van der Waals surface area contributed by atoms with Crippen LogP contribution in [-0.4, -0.2) is 21.8 Å². The van der Waals surface area contributed by atoms with E-state index in [9.17, 15) is 0 Å². The van der Waals surface area contributed by atoms with Crippen LogP contribution in [0.3, 0.4) is 0 Å². The average molecular weight is 382 g/mol. The first-order valence-electron chi connectivity index (χ1n) is 10.7. The summed E-state index contributed by atoms with van der Waals surface area (Å²) in [5, 5.41) is 4.78. The topological polar surface area (TPSA) is 37.8 Å². The van der Waals surface area contributed by atoms with E-state index in [1.807, 2.05) is 11.8 Å². The Kier molecular flexibility index (Phi) is 6.33. The lowest BCUT2D eigenvalue weighted by atomic mass is 9.96. The molecule has 1 N–H and O–H groups in total. The van der Waals surface area contributed by atoms with E-state index in [0.29, 0.717) is 6.04 Å². The summed E-state index contributed by atoms with van der Waals surface area (Å²) in [6.07, 6.45) is 12.2. The van der Waals surface area contributed by atoms with Gasteiger partial charge < -0.3 is 5.32 Å². The molecule has 0 amide bonds. The minimum absolute atomic E-state index is 0.464. The number of unbranched alkanes of at least 4 members (excludes halogenated alkanes) is 3. The number of thioether (sulfide) groups is 1. The number of hydrogen-bond acceptors (Lipinski definition) is 4. The Morgan fingerprint density at radius 3 is 2.56 bits per heavy atom. The second kappa shape index (κ2) is 9.09. The molecule has 0 bridgehead atoms. The van der Waals surface area contributed by atoms with Crippen molar-refractivity contribution in [3.05, 3.63) is 46.6 Å². The highest BCUT2D eigenvalue weighted by molar-refractivity contribution is 7.99. The Balaban J connectivity index is 1.46. The standard InChI is InChI=1S/C23H31N3S/c1-2-3-4-9-14-27-23-25-21-13-8-7-12-20(21)22(26-23)24-19-15-17-10-5-6-11-18(17)16-19/h5-6,10-11,19H,2-4,7-9,12-16H2,1H3,(H,24,25,26). The van der Waals surface area contributed by atoms with Gasteiger partial charge in [0.05, 0.1) is 5.69 Å². The molecule has 0 aliphatic heterocycles. The molecule has 1 aromatic heterocycles. The lowest BCUT2D eigenvalue weighted by Gasteiger charge is -2.22. The first-order valence-corrected chi connectivity index (χ1v) is 11.7. The van der Waals surface area contributed by atoms with Crippen LogP contribution < -0.4 is 5.32 Å². The summed E-state index contributed by atoms with van der Waals surface area (Å²) in [7, 11) is 0. The third-order valence-corrected chi connectivity index (χ3v) is 6.72. The number of nitrogens with zero attached hydrogens (tertiary/aromatic N) is 2. The van der Waals surface area contributed by atoms with Crippen LogP contribution in [0.1, 0.15) is 67.8 Å². The van der Waals surface area contributed by atoms with Gasteiger partial charge in [-0.1, -0.05) is 62.2 Å². The summed E-state index contributed by atoms with van der Waals surface area (Å²) in [6.45, 7) is 2.26. The third-order valence-electron chi connectivity index (χ3n) is 5.78. The van der Waals surface area contributed by atoms with Gasteiger partial charge in [-0.15, -0.1) is 0 Å². The molecule has 1 heterocycles. The van der Waals surface area contributed by atoms with Gasteiger partial charge in [0.1, 0.15) is 5.82 Å². The molecule has 3 nitrogen and oxygen atoms in total. The molecular weight excluding hydrogens is 350 g/mol. The molecule has 2 aliphatic rings. The summed E-state index contributed by atoms with van der Waals surface area (Å²) in [4.78, 5) is 9.89. The fourth-order valence-electron chi connectivity index (χ4n) is 4.30. The number of fused-ring (bicyclic) bond motifs is 2. The maximum absolute atomic E-state index is 4.97. The van der Waals surface area contributed by atoms with Crippen LogP contribution in [0.15, 0.2) is 29.4 Å². The van der Waals surface area contributed by atoms with Gasteiger partial charge in [-0.25, -0.2) is 9.97 Å². The molecule has 1 aromatic carbocycles. The molecule has 0 saturated carbocycles. The normalized spacial score (nSPS) is 16.2. The minimum atomic E-state index is 0.464. The van der Waals surface area contributed by atoms with Crippen LogP contribution in [-0.2, 0) is 25.7 Å². The number of aromatic nitrogens is 2. The SMILES string of the molecule is CCCCCCSc1nc2c(c(NC3Cc4ccccc4C3)n1)CCCC2. The van der Waals surface area contributed by atoms with Crippen molar-refractivity contribution >= 4 is 17.6 Å². The molecule has 0 fully saturated rings. The number of rotatable bonds is 8. The zero-order chi connectivity index (χ0) is 18.5. The number of benzene rings is 1. The van der Waals surface area contributed by atoms with Crippen LogP contribution in [0, 0.1) is 0 Å². The van der Waals surface area contributed by atoms with E-state index in [4.69, 9.17) is 9.97 Å². The van der Waals surface area contributed by atoms with Crippen molar-refractivity contribution in [2.75, 3.05) is 11.1 Å². The highest BCUT2D eigenvalue weighted by Gasteiger charge is 2.24. The Bertz CT molecular complexity index is 749. The zero-order valence-electron chi connectivity index (χ0n) is 16.5. The van der Waals surface area contributed by atoms with E-state index >= 15 is 0 Å². The summed E-state index contributed by atoms with van der Waals surface area (Å²) >= 11 is 1.84. The van der Waals surface area contributed by atoms with Gasteiger partial charge in [-0.3, -0.25) is 0 Å². The third kappa shape index (κ3) is 4.66. The quantitative estimate of drug-likeness (QED) is 0.366. The number of hydrogen-bond donors (Lipinski definition) is 1. The summed E-state index contributed by atoms with van der Waals surface area (Å²) < 4.78 is 0. The maximum atomic E-state index is 4.97. The van der Waals surface area contributed by atoms with Crippen LogP contribution >= 0.6 is 11.8 Å². The van der Waals surface area contributed by atoms with Gasteiger partial charge in [0.25, 0.3) is 0 Å². The Morgan fingerprint density at radius 2 is 1.78 bits per heavy atom. The molecule has 0 spiro atoms. The molecule has 0 radical (unpaired) electrons. The molecule has 0 unspecified atom stereocenters. The number of anilines is 1. The summed E-state index contributed by atoms with van der Waals surface area (Å²) in [5.41, 5.74) is 5.66. The lowest BCUT2D eigenvalue weighted by molar-refractivity contribution is 0.645. The Labute approximate surface area is 167 Å². The van der Waals surface area contributed by atoms with Crippen molar-refractivity contribution in [2.45, 2.75) is 82.3 Å². The first kappa shape index (κ1) is 18.8. The summed E-state index contributed by atoms with van der Waals surface area (Å²) in [5.74, 6) is 2.25.